The molecule has 7 heteroatoms. The van der Waals surface area contributed by atoms with E-state index in [0.29, 0.717) is 24.3 Å². The van der Waals surface area contributed by atoms with Crippen molar-refractivity contribution in [1.82, 2.24) is 14.5 Å². The van der Waals surface area contributed by atoms with Crippen LogP contribution in [-0.2, 0) is 11.3 Å². The average Bonchev–Trinajstić information content (AvgIpc) is 3.02. The van der Waals surface area contributed by atoms with Crippen LogP contribution in [0.1, 0.15) is 41.2 Å². The Morgan fingerprint density at radius 1 is 1.21 bits per heavy atom. The van der Waals surface area contributed by atoms with Crippen molar-refractivity contribution < 1.29 is 9.90 Å². The van der Waals surface area contributed by atoms with E-state index in [1.807, 2.05) is 30.9 Å². The molecule has 0 unspecified atom stereocenters. The van der Waals surface area contributed by atoms with E-state index in [4.69, 9.17) is 0 Å². The van der Waals surface area contributed by atoms with E-state index >= 15 is 0 Å². The predicted molar refractivity (Wildman–Crippen MR) is 115 cm³/mol. The fourth-order valence-corrected chi connectivity index (χ4v) is 5.00. The molecule has 3 heterocycles. The molecule has 1 aromatic carbocycles. The van der Waals surface area contributed by atoms with Crippen LogP contribution in [0.3, 0.4) is 0 Å². The molecule has 1 saturated heterocycles. The number of amides is 1. The van der Waals surface area contributed by atoms with Crippen molar-refractivity contribution in [2.24, 2.45) is 0 Å². The first kappa shape index (κ1) is 19.6. The molecule has 2 aromatic heterocycles. The van der Waals surface area contributed by atoms with Gasteiger partial charge in [-0.05, 0) is 55.9 Å². The Kier molecular flexibility index (Phi) is 5.41. The smallest absolute Gasteiger partial charge is 0.262 e. The van der Waals surface area contributed by atoms with Gasteiger partial charge in [-0.1, -0.05) is 12.1 Å². The summed E-state index contributed by atoms with van der Waals surface area (Å²) in [5.41, 5.74) is 2.14. The van der Waals surface area contributed by atoms with Crippen LogP contribution in [0.15, 0.2) is 35.4 Å². The number of thiophene rings is 1. The molecule has 3 aromatic rings. The summed E-state index contributed by atoms with van der Waals surface area (Å²) >= 11 is 1.53. The Morgan fingerprint density at radius 3 is 2.59 bits per heavy atom. The topological polar surface area (TPSA) is 75.4 Å². The molecule has 29 heavy (non-hydrogen) atoms. The maximum absolute atomic E-state index is 12.8. The van der Waals surface area contributed by atoms with Gasteiger partial charge < -0.3 is 10.0 Å². The first-order chi connectivity index (χ1) is 13.9. The molecule has 0 spiro atoms. The summed E-state index contributed by atoms with van der Waals surface area (Å²) in [6, 6.07) is 7.35. The molecule has 0 bridgehead atoms. The Morgan fingerprint density at radius 2 is 1.90 bits per heavy atom. The number of phenolic OH excluding ortho intramolecular Hbond substituents is 1. The lowest BCUT2D eigenvalue weighted by molar-refractivity contribution is -0.132. The molecular weight excluding hydrogens is 386 g/mol. The third-order valence-electron chi connectivity index (χ3n) is 5.93. The summed E-state index contributed by atoms with van der Waals surface area (Å²) in [6.07, 6.45) is 3.69. The largest absolute Gasteiger partial charge is 0.508 e. The second-order valence-corrected chi connectivity index (χ2v) is 8.91. The number of aromatic hydroxyl groups is 1. The number of aromatic nitrogens is 2. The second kappa shape index (κ2) is 7.99. The minimum Gasteiger partial charge on any atom is -0.508 e. The molecule has 1 fully saturated rings. The van der Waals surface area contributed by atoms with E-state index in [1.54, 1.807) is 23.0 Å². The third kappa shape index (κ3) is 3.92. The normalized spacial score (nSPS) is 15.2. The Balaban J connectivity index is 1.36. The van der Waals surface area contributed by atoms with Crippen LogP contribution in [0.25, 0.3) is 10.2 Å². The number of rotatable bonds is 4. The molecule has 0 aliphatic carbocycles. The number of nitrogens with zero attached hydrogens (tertiary/aromatic N) is 3. The summed E-state index contributed by atoms with van der Waals surface area (Å²) in [5, 5.41) is 10.1. The molecule has 0 saturated carbocycles. The maximum Gasteiger partial charge on any atom is 0.262 e. The number of benzene rings is 1. The summed E-state index contributed by atoms with van der Waals surface area (Å²) in [7, 11) is 0. The quantitative estimate of drug-likeness (QED) is 0.712. The van der Waals surface area contributed by atoms with E-state index < -0.39 is 0 Å². The molecule has 6 nitrogen and oxygen atoms in total. The van der Waals surface area contributed by atoms with Crippen LogP contribution in [-0.4, -0.2) is 38.6 Å². The number of hydrogen-bond acceptors (Lipinski definition) is 5. The van der Waals surface area contributed by atoms with E-state index in [0.717, 1.165) is 41.2 Å². The molecule has 1 N–H and O–H groups in total. The summed E-state index contributed by atoms with van der Waals surface area (Å²) in [6.45, 7) is 5.74. The molecular formula is C22H25N3O3S. The van der Waals surface area contributed by atoms with Crippen molar-refractivity contribution in [2.75, 3.05) is 13.1 Å². The SMILES string of the molecule is Cc1sc2ncn(CCC(=O)N3CCC(c4ccc(O)cc4)CC3)c(=O)c2c1C. The maximum atomic E-state index is 12.8. The second-order valence-electron chi connectivity index (χ2n) is 7.70. The van der Waals surface area contributed by atoms with Crippen molar-refractivity contribution in [2.45, 2.75) is 45.6 Å². The fraction of sp³-hybridized carbons (Fsp3) is 0.409. The molecule has 0 atom stereocenters. The lowest BCUT2D eigenvalue weighted by Crippen LogP contribution is -2.38. The number of phenols is 1. The highest BCUT2D eigenvalue weighted by atomic mass is 32.1. The lowest BCUT2D eigenvalue weighted by atomic mass is 9.89. The minimum atomic E-state index is -0.0595. The first-order valence-electron chi connectivity index (χ1n) is 9.96. The zero-order chi connectivity index (χ0) is 20.5. The molecule has 1 aliphatic rings. The number of likely N-dealkylation sites (tertiary alicyclic amines) is 1. The van der Waals surface area contributed by atoms with Crippen molar-refractivity contribution in [3.8, 4) is 5.75 Å². The summed E-state index contributed by atoms with van der Waals surface area (Å²) in [4.78, 5) is 33.6. The number of carbonyl (C=O) groups excluding carboxylic acids is 1. The standard InChI is InChI=1S/C22H25N3O3S/c1-14-15(2)29-21-20(14)22(28)25(13-23-21)12-9-19(27)24-10-7-17(8-11-24)16-3-5-18(26)6-4-16/h3-6,13,17,26H,7-12H2,1-2H3. The van der Waals surface area contributed by atoms with E-state index in [9.17, 15) is 14.7 Å². The number of fused-ring (bicyclic) bond motifs is 1. The van der Waals surface area contributed by atoms with Crippen molar-refractivity contribution in [3.63, 3.8) is 0 Å². The van der Waals surface area contributed by atoms with Gasteiger partial charge in [-0.25, -0.2) is 4.98 Å². The number of piperidine rings is 1. The number of carbonyl (C=O) groups is 1. The number of hydrogen-bond donors (Lipinski definition) is 1. The van der Waals surface area contributed by atoms with Gasteiger partial charge in [0.2, 0.25) is 5.91 Å². The van der Waals surface area contributed by atoms with Crippen molar-refractivity contribution in [1.29, 1.82) is 0 Å². The highest BCUT2D eigenvalue weighted by Gasteiger charge is 2.24. The van der Waals surface area contributed by atoms with Crippen molar-refractivity contribution in [3.05, 3.63) is 57.0 Å². The summed E-state index contributed by atoms with van der Waals surface area (Å²) < 4.78 is 1.56. The lowest BCUT2D eigenvalue weighted by Gasteiger charge is -2.32. The Hall–Kier alpha value is -2.67. The van der Waals surface area contributed by atoms with Crippen LogP contribution < -0.4 is 5.56 Å². The van der Waals surface area contributed by atoms with Gasteiger partial charge in [0.1, 0.15) is 10.6 Å². The van der Waals surface area contributed by atoms with Crippen LogP contribution in [0.4, 0.5) is 0 Å². The molecule has 152 valence electrons. The molecule has 1 aliphatic heterocycles. The predicted octanol–water partition coefficient (Wildman–Crippen LogP) is 3.58. The van der Waals surface area contributed by atoms with Crippen LogP contribution in [0.5, 0.6) is 5.75 Å². The van der Waals surface area contributed by atoms with Gasteiger partial charge in [-0.3, -0.25) is 14.2 Å². The zero-order valence-electron chi connectivity index (χ0n) is 16.7. The van der Waals surface area contributed by atoms with Gasteiger partial charge in [0.15, 0.2) is 0 Å². The first-order valence-corrected chi connectivity index (χ1v) is 10.8. The van der Waals surface area contributed by atoms with Gasteiger partial charge in [0, 0.05) is 30.9 Å². The van der Waals surface area contributed by atoms with Gasteiger partial charge in [-0.2, -0.15) is 0 Å². The van der Waals surface area contributed by atoms with Crippen LogP contribution in [0, 0.1) is 13.8 Å². The zero-order valence-corrected chi connectivity index (χ0v) is 17.5. The van der Waals surface area contributed by atoms with Gasteiger partial charge >= 0.3 is 0 Å². The van der Waals surface area contributed by atoms with E-state index in [1.165, 1.54) is 16.9 Å². The summed E-state index contributed by atoms with van der Waals surface area (Å²) in [5.74, 6) is 0.773. The van der Waals surface area contributed by atoms with Crippen molar-refractivity contribution >= 4 is 27.5 Å². The number of aryl methyl sites for hydroxylation is 3. The van der Waals surface area contributed by atoms with Gasteiger partial charge in [-0.15, -0.1) is 11.3 Å². The monoisotopic (exact) mass is 411 g/mol. The van der Waals surface area contributed by atoms with Gasteiger partial charge in [0.25, 0.3) is 5.56 Å². The Bertz CT molecular complexity index is 1090. The highest BCUT2D eigenvalue weighted by Crippen LogP contribution is 2.29. The van der Waals surface area contributed by atoms with Crippen LogP contribution in [0.2, 0.25) is 0 Å². The Labute approximate surface area is 173 Å². The van der Waals surface area contributed by atoms with E-state index in [-0.39, 0.29) is 17.2 Å². The molecule has 4 rings (SSSR count). The molecule has 0 radical (unpaired) electrons. The molecule has 1 amide bonds. The van der Waals surface area contributed by atoms with E-state index in [2.05, 4.69) is 4.98 Å². The highest BCUT2D eigenvalue weighted by molar-refractivity contribution is 7.18. The fourth-order valence-electron chi connectivity index (χ4n) is 4.01. The third-order valence-corrected chi connectivity index (χ3v) is 7.05. The minimum absolute atomic E-state index is 0.0595. The van der Waals surface area contributed by atoms with Crippen LogP contribution >= 0.6 is 11.3 Å². The average molecular weight is 412 g/mol. The van der Waals surface area contributed by atoms with Gasteiger partial charge in [0.05, 0.1) is 11.7 Å².